The van der Waals surface area contributed by atoms with Gasteiger partial charge in [0.1, 0.15) is 5.75 Å². The van der Waals surface area contributed by atoms with Crippen molar-refractivity contribution in [3.8, 4) is 17.0 Å². The number of aliphatic hydroxyl groups excluding tert-OH is 1. The number of H-pyrrole nitrogens is 1. The second-order valence-electron chi connectivity index (χ2n) is 11.7. The zero-order chi connectivity index (χ0) is 32.9. The van der Waals surface area contributed by atoms with Crippen LogP contribution in [0.25, 0.3) is 22.2 Å². The van der Waals surface area contributed by atoms with E-state index in [1.807, 2.05) is 55.6 Å². The number of hydrogen-bond acceptors (Lipinski definition) is 6. The lowest BCUT2D eigenvalue weighted by molar-refractivity contribution is 0.0945. The number of hydrogen-bond donors (Lipinski definition) is 5. The zero-order valence-corrected chi connectivity index (χ0v) is 26.3. The van der Waals surface area contributed by atoms with Gasteiger partial charge in [0.25, 0.3) is 5.91 Å². The van der Waals surface area contributed by atoms with Gasteiger partial charge in [0.15, 0.2) is 5.69 Å². The first-order valence-corrected chi connectivity index (χ1v) is 15.6. The molecular formula is C38H37N5O4. The van der Waals surface area contributed by atoms with Crippen molar-refractivity contribution >= 4 is 16.8 Å². The van der Waals surface area contributed by atoms with Crippen molar-refractivity contribution in [3.05, 3.63) is 153 Å². The minimum Gasteiger partial charge on any atom is -0.506 e. The standard InChI is InChI=1S/C38H37N5O4/c1-24(27-7-4-3-5-8-27)28-9-6-10-29(19-28)33-20-32(42-43(33)2)38(47)40-22-26-13-11-25(12-14-26)21-39-23-35(45)30-15-17-34(44)37-31(30)16-18-36(46)41-37/h3-20,24,35,39,44-45H,21-23H2,1-2H3,(H,40,47)(H,41,46). The molecule has 1 amide bonds. The molecule has 9 nitrogen and oxygen atoms in total. The third kappa shape index (κ3) is 7.17. The molecule has 0 saturated heterocycles. The van der Waals surface area contributed by atoms with E-state index in [1.165, 1.54) is 23.3 Å². The number of carbonyl (C=O) groups excluding carboxylic acids is 1. The van der Waals surface area contributed by atoms with E-state index in [4.69, 9.17) is 0 Å². The quantitative estimate of drug-likeness (QED) is 0.128. The SMILES string of the molecule is CC(c1ccccc1)c1cccc(-c2cc(C(=O)NCc3ccc(CNCC(O)c4ccc(O)c5[nH]c(=O)ccc45)cc3)nn2C)c1. The van der Waals surface area contributed by atoms with Gasteiger partial charge >= 0.3 is 0 Å². The van der Waals surface area contributed by atoms with Gasteiger partial charge in [-0.3, -0.25) is 14.3 Å². The second-order valence-corrected chi connectivity index (χ2v) is 11.7. The highest BCUT2D eigenvalue weighted by Gasteiger charge is 2.16. The number of aromatic hydroxyl groups is 1. The van der Waals surface area contributed by atoms with E-state index >= 15 is 0 Å². The average molecular weight is 628 g/mol. The third-order valence-corrected chi connectivity index (χ3v) is 8.50. The summed E-state index contributed by atoms with van der Waals surface area (Å²) in [5.41, 5.74) is 7.23. The van der Waals surface area contributed by atoms with Gasteiger partial charge < -0.3 is 25.8 Å². The molecule has 0 bridgehead atoms. The van der Waals surface area contributed by atoms with Gasteiger partial charge in [-0.05, 0) is 52.1 Å². The predicted molar refractivity (Wildman–Crippen MR) is 183 cm³/mol. The average Bonchev–Trinajstić information content (AvgIpc) is 3.49. The lowest BCUT2D eigenvalue weighted by Gasteiger charge is -2.15. The van der Waals surface area contributed by atoms with Crippen molar-refractivity contribution in [2.24, 2.45) is 7.05 Å². The number of amides is 1. The number of fused-ring (bicyclic) bond motifs is 1. The van der Waals surface area contributed by atoms with Crippen LogP contribution in [0.15, 0.2) is 114 Å². The number of nitrogens with one attached hydrogen (secondary N) is 3. The number of phenolic OH excluding ortho intramolecular Hbond substituents is 1. The predicted octanol–water partition coefficient (Wildman–Crippen LogP) is 5.54. The molecule has 0 fully saturated rings. The topological polar surface area (TPSA) is 132 Å². The monoisotopic (exact) mass is 627 g/mol. The molecule has 0 aliphatic carbocycles. The van der Waals surface area contributed by atoms with Gasteiger partial charge in [-0.2, -0.15) is 5.10 Å². The molecule has 2 aromatic heterocycles. The molecule has 2 unspecified atom stereocenters. The number of phenols is 1. The highest BCUT2D eigenvalue weighted by atomic mass is 16.3. The van der Waals surface area contributed by atoms with Crippen molar-refractivity contribution in [1.29, 1.82) is 0 Å². The third-order valence-electron chi connectivity index (χ3n) is 8.50. The van der Waals surface area contributed by atoms with E-state index in [0.29, 0.717) is 35.2 Å². The molecule has 47 heavy (non-hydrogen) atoms. The number of pyridine rings is 1. The Balaban J connectivity index is 1.02. The maximum Gasteiger partial charge on any atom is 0.272 e. The van der Waals surface area contributed by atoms with Crippen LogP contribution in [0.3, 0.4) is 0 Å². The molecule has 4 aromatic carbocycles. The lowest BCUT2D eigenvalue weighted by atomic mass is 9.92. The molecule has 2 atom stereocenters. The summed E-state index contributed by atoms with van der Waals surface area (Å²) in [6.07, 6.45) is -0.840. The van der Waals surface area contributed by atoms with E-state index < -0.39 is 6.10 Å². The summed E-state index contributed by atoms with van der Waals surface area (Å²) in [7, 11) is 1.85. The van der Waals surface area contributed by atoms with E-state index in [1.54, 1.807) is 16.8 Å². The fourth-order valence-corrected chi connectivity index (χ4v) is 5.81. The number of nitrogens with zero attached hydrogens (tertiary/aromatic N) is 2. The van der Waals surface area contributed by atoms with E-state index in [-0.39, 0.29) is 29.7 Å². The van der Waals surface area contributed by atoms with Crippen LogP contribution in [0.4, 0.5) is 0 Å². The fraction of sp³-hybridized carbons (Fsp3) is 0.184. The van der Waals surface area contributed by atoms with Crippen molar-refractivity contribution in [2.45, 2.75) is 32.0 Å². The van der Waals surface area contributed by atoms with Crippen molar-refractivity contribution in [3.63, 3.8) is 0 Å². The lowest BCUT2D eigenvalue weighted by Crippen LogP contribution is -2.23. The number of carbonyl (C=O) groups is 1. The van der Waals surface area contributed by atoms with Gasteiger partial charge in [0.2, 0.25) is 5.56 Å². The van der Waals surface area contributed by atoms with Crippen LogP contribution in [0, 0.1) is 0 Å². The maximum atomic E-state index is 13.0. The number of aromatic amines is 1. The minimum atomic E-state index is -0.840. The maximum absolute atomic E-state index is 13.0. The van der Waals surface area contributed by atoms with Crippen molar-refractivity contribution in [1.82, 2.24) is 25.4 Å². The highest BCUT2D eigenvalue weighted by molar-refractivity contribution is 5.93. The highest BCUT2D eigenvalue weighted by Crippen LogP contribution is 2.30. The Labute approximate surface area is 272 Å². The van der Waals surface area contributed by atoms with Crippen molar-refractivity contribution in [2.75, 3.05) is 6.54 Å². The first-order valence-electron chi connectivity index (χ1n) is 15.6. The Kier molecular flexibility index (Phi) is 9.28. The number of aliphatic hydroxyl groups is 1. The number of aryl methyl sites for hydroxylation is 1. The first kappa shape index (κ1) is 31.5. The van der Waals surface area contributed by atoms with Crippen LogP contribution in [-0.4, -0.2) is 37.4 Å². The van der Waals surface area contributed by atoms with E-state index in [2.05, 4.69) is 64.0 Å². The summed E-state index contributed by atoms with van der Waals surface area (Å²) < 4.78 is 1.74. The van der Waals surface area contributed by atoms with Gasteiger partial charge in [-0.15, -0.1) is 0 Å². The van der Waals surface area contributed by atoms with Crippen LogP contribution in [0.1, 0.15) is 57.3 Å². The van der Waals surface area contributed by atoms with Crippen molar-refractivity contribution < 1.29 is 15.0 Å². The van der Waals surface area contributed by atoms with Gasteiger partial charge in [0, 0.05) is 49.6 Å². The van der Waals surface area contributed by atoms with Crippen LogP contribution >= 0.6 is 0 Å². The molecule has 2 heterocycles. The van der Waals surface area contributed by atoms with Gasteiger partial charge in [-0.25, -0.2) is 0 Å². The van der Waals surface area contributed by atoms with E-state index in [9.17, 15) is 19.8 Å². The molecule has 6 rings (SSSR count). The van der Waals surface area contributed by atoms with E-state index in [0.717, 1.165) is 22.4 Å². The molecule has 0 aliphatic heterocycles. The Hall–Kier alpha value is -5.51. The molecule has 0 radical (unpaired) electrons. The molecule has 0 aliphatic rings. The Bertz CT molecular complexity index is 2070. The molecule has 0 spiro atoms. The number of benzene rings is 4. The van der Waals surface area contributed by atoms with Crippen LogP contribution in [-0.2, 0) is 20.1 Å². The van der Waals surface area contributed by atoms with Gasteiger partial charge in [-0.1, -0.05) is 85.8 Å². The summed E-state index contributed by atoms with van der Waals surface area (Å²) >= 11 is 0. The normalized spacial score (nSPS) is 12.6. The Morgan fingerprint density at radius 1 is 0.872 bits per heavy atom. The zero-order valence-electron chi connectivity index (χ0n) is 26.3. The van der Waals surface area contributed by atoms with Crippen LogP contribution in [0.2, 0.25) is 0 Å². The van der Waals surface area contributed by atoms with Gasteiger partial charge in [0.05, 0.1) is 17.3 Å². The summed E-state index contributed by atoms with van der Waals surface area (Å²) in [4.78, 5) is 27.3. The summed E-state index contributed by atoms with van der Waals surface area (Å²) in [6.45, 7) is 3.35. The Morgan fingerprint density at radius 2 is 1.60 bits per heavy atom. The molecule has 5 N–H and O–H groups in total. The molecule has 238 valence electrons. The second kappa shape index (κ2) is 13.9. The number of aromatic nitrogens is 3. The first-order chi connectivity index (χ1) is 22.8. The molecular weight excluding hydrogens is 590 g/mol. The van der Waals surface area contributed by atoms with Crippen LogP contribution in [0.5, 0.6) is 5.75 Å². The smallest absolute Gasteiger partial charge is 0.272 e. The minimum absolute atomic E-state index is 0.0437. The largest absolute Gasteiger partial charge is 0.506 e. The Morgan fingerprint density at radius 3 is 2.36 bits per heavy atom. The molecule has 0 saturated carbocycles. The summed E-state index contributed by atoms with van der Waals surface area (Å²) in [5, 5.41) is 32.2. The molecule has 6 aromatic rings. The number of rotatable bonds is 11. The fourth-order valence-electron chi connectivity index (χ4n) is 5.81. The molecule has 9 heteroatoms. The summed E-state index contributed by atoms with van der Waals surface area (Å²) in [5.74, 6) is -0.0508. The summed E-state index contributed by atoms with van der Waals surface area (Å²) in [6, 6.07) is 34.5. The van der Waals surface area contributed by atoms with Crippen LogP contribution < -0.4 is 16.2 Å².